The molecule has 18 heavy (non-hydrogen) atoms. The van der Waals surface area contributed by atoms with Crippen molar-refractivity contribution < 1.29 is 9.53 Å². The molecule has 0 aliphatic carbocycles. The van der Waals surface area contributed by atoms with E-state index in [-0.39, 0.29) is 18.6 Å². The molecule has 1 saturated heterocycles. The number of carbonyl (C=O) groups is 1. The Bertz CT molecular complexity index is 248. The minimum atomic E-state index is 0.111. The average molecular weight is 256 g/mol. The van der Waals surface area contributed by atoms with Crippen LogP contribution in [0.15, 0.2) is 0 Å². The molecule has 1 aliphatic rings. The van der Waals surface area contributed by atoms with Gasteiger partial charge in [-0.25, -0.2) is 0 Å². The molecule has 1 rings (SSSR count). The Balaban J connectivity index is 2.44. The quantitative estimate of drug-likeness (QED) is 0.753. The van der Waals surface area contributed by atoms with E-state index in [9.17, 15) is 4.79 Å². The molecular formula is C14H28N2O2. The maximum atomic E-state index is 12.1. The minimum absolute atomic E-state index is 0.111. The fourth-order valence-electron chi connectivity index (χ4n) is 2.23. The van der Waals surface area contributed by atoms with Gasteiger partial charge >= 0.3 is 0 Å². The van der Waals surface area contributed by atoms with E-state index in [0.29, 0.717) is 12.0 Å². The van der Waals surface area contributed by atoms with Crippen LogP contribution in [0.2, 0.25) is 0 Å². The molecule has 1 amide bonds. The molecule has 0 radical (unpaired) electrons. The summed E-state index contributed by atoms with van der Waals surface area (Å²) in [6, 6.07) is 0.465. The molecule has 4 nitrogen and oxygen atoms in total. The van der Waals surface area contributed by atoms with E-state index in [1.54, 1.807) is 0 Å². The highest BCUT2D eigenvalue weighted by atomic mass is 16.5. The van der Waals surface area contributed by atoms with Crippen molar-refractivity contribution in [2.24, 2.45) is 5.92 Å². The summed E-state index contributed by atoms with van der Waals surface area (Å²) in [5.41, 5.74) is 0. The maximum absolute atomic E-state index is 12.1. The van der Waals surface area contributed by atoms with Crippen molar-refractivity contribution in [1.82, 2.24) is 10.2 Å². The summed E-state index contributed by atoms with van der Waals surface area (Å²) < 4.78 is 5.42. The lowest BCUT2D eigenvalue weighted by molar-refractivity contribution is -0.138. The number of nitrogens with zero attached hydrogens (tertiary/aromatic N) is 1. The van der Waals surface area contributed by atoms with Gasteiger partial charge in [0, 0.05) is 19.1 Å². The second-order valence-corrected chi connectivity index (χ2v) is 5.85. The zero-order valence-electron chi connectivity index (χ0n) is 12.2. The average Bonchev–Trinajstić information content (AvgIpc) is 2.77. The standard InChI is InChI=1S/C14H28N2O2/c1-11(2)8-16(9-13-6-5-7-15-13)14(17)10-18-12(3)4/h11-13,15H,5-10H2,1-4H3. The first-order valence-electron chi connectivity index (χ1n) is 7.11. The number of nitrogens with one attached hydrogen (secondary N) is 1. The highest BCUT2D eigenvalue weighted by Crippen LogP contribution is 2.09. The van der Waals surface area contributed by atoms with Gasteiger partial charge in [-0.15, -0.1) is 0 Å². The van der Waals surface area contributed by atoms with Crippen LogP contribution in [0.1, 0.15) is 40.5 Å². The lowest BCUT2D eigenvalue weighted by atomic mass is 10.1. The number of ether oxygens (including phenoxy) is 1. The van der Waals surface area contributed by atoms with Crippen LogP contribution in [0.3, 0.4) is 0 Å². The van der Waals surface area contributed by atoms with Crippen molar-refractivity contribution in [2.75, 3.05) is 26.2 Å². The van der Waals surface area contributed by atoms with Gasteiger partial charge in [0.05, 0.1) is 6.10 Å². The summed E-state index contributed by atoms with van der Waals surface area (Å²) >= 11 is 0. The molecule has 0 aromatic rings. The van der Waals surface area contributed by atoms with E-state index >= 15 is 0 Å². The Morgan fingerprint density at radius 3 is 2.61 bits per heavy atom. The number of hydrogen-bond acceptors (Lipinski definition) is 3. The Hall–Kier alpha value is -0.610. The normalized spacial score (nSPS) is 19.8. The SMILES string of the molecule is CC(C)CN(CC1CCCN1)C(=O)COC(C)C. The predicted octanol–water partition coefficient (Wildman–Crippen LogP) is 1.65. The molecule has 106 valence electrons. The van der Waals surface area contributed by atoms with Gasteiger partial charge in [-0.1, -0.05) is 13.8 Å². The van der Waals surface area contributed by atoms with Crippen LogP contribution in [0.4, 0.5) is 0 Å². The predicted molar refractivity (Wildman–Crippen MR) is 73.5 cm³/mol. The fourth-order valence-corrected chi connectivity index (χ4v) is 2.23. The van der Waals surface area contributed by atoms with Gasteiger partial charge in [0.1, 0.15) is 6.61 Å². The van der Waals surface area contributed by atoms with Crippen LogP contribution in [0.5, 0.6) is 0 Å². The van der Waals surface area contributed by atoms with Crippen molar-refractivity contribution in [2.45, 2.75) is 52.7 Å². The smallest absolute Gasteiger partial charge is 0.248 e. The zero-order valence-corrected chi connectivity index (χ0v) is 12.2. The van der Waals surface area contributed by atoms with Crippen LogP contribution in [0.25, 0.3) is 0 Å². The highest BCUT2D eigenvalue weighted by molar-refractivity contribution is 5.77. The summed E-state index contributed by atoms with van der Waals surface area (Å²) in [5.74, 6) is 0.612. The lowest BCUT2D eigenvalue weighted by Gasteiger charge is -2.27. The first-order valence-corrected chi connectivity index (χ1v) is 7.11. The molecule has 4 heteroatoms. The summed E-state index contributed by atoms with van der Waals surface area (Å²) in [6.45, 7) is 11.1. The van der Waals surface area contributed by atoms with E-state index in [4.69, 9.17) is 4.74 Å². The minimum Gasteiger partial charge on any atom is -0.369 e. The van der Waals surface area contributed by atoms with E-state index in [0.717, 1.165) is 19.6 Å². The molecule has 1 atom stereocenters. The van der Waals surface area contributed by atoms with Crippen molar-refractivity contribution >= 4 is 5.91 Å². The Morgan fingerprint density at radius 2 is 2.11 bits per heavy atom. The monoisotopic (exact) mass is 256 g/mol. The van der Waals surface area contributed by atoms with E-state index in [2.05, 4.69) is 19.2 Å². The lowest BCUT2D eigenvalue weighted by Crippen LogP contribution is -2.44. The van der Waals surface area contributed by atoms with E-state index in [1.807, 2.05) is 18.7 Å². The van der Waals surface area contributed by atoms with Gasteiger partial charge < -0.3 is 15.0 Å². The topological polar surface area (TPSA) is 41.6 Å². The maximum Gasteiger partial charge on any atom is 0.248 e. The van der Waals surface area contributed by atoms with Crippen LogP contribution in [-0.2, 0) is 9.53 Å². The molecule has 0 bridgehead atoms. The summed E-state index contributed by atoms with van der Waals surface area (Å²) in [5, 5.41) is 3.45. The van der Waals surface area contributed by atoms with E-state index < -0.39 is 0 Å². The van der Waals surface area contributed by atoms with Crippen molar-refractivity contribution in [3.63, 3.8) is 0 Å². The van der Waals surface area contributed by atoms with Gasteiger partial charge in [0.25, 0.3) is 0 Å². The molecule has 1 fully saturated rings. The zero-order chi connectivity index (χ0) is 13.5. The third-order valence-electron chi connectivity index (χ3n) is 3.08. The van der Waals surface area contributed by atoms with Gasteiger partial charge in [-0.05, 0) is 39.2 Å². The Morgan fingerprint density at radius 1 is 1.39 bits per heavy atom. The van der Waals surface area contributed by atoms with E-state index in [1.165, 1.54) is 12.8 Å². The molecule has 1 unspecified atom stereocenters. The molecule has 0 spiro atoms. The third kappa shape index (κ3) is 5.83. The van der Waals surface area contributed by atoms with Crippen molar-refractivity contribution in [3.8, 4) is 0 Å². The Kier molecular flexibility index (Phi) is 6.65. The third-order valence-corrected chi connectivity index (χ3v) is 3.08. The Labute approximate surface area is 111 Å². The van der Waals surface area contributed by atoms with Crippen LogP contribution >= 0.6 is 0 Å². The van der Waals surface area contributed by atoms with Gasteiger partial charge in [-0.3, -0.25) is 4.79 Å². The summed E-state index contributed by atoms with van der Waals surface area (Å²) in [4.78, 5) is 14.1. The van der Waals surface area contributed by atoms with Gasteiger partial charge in [0.2, 0.25) is 5.91 Å². The van der Waals surface area contributed by atoms with Gasteiger partial charge in [-0.2, -0.15) is 0 Å². The summed E-state index contributed by atoms with van der Waals surface area (Å²) in [7, 11) is 0. The van der Waals surface area contributed by atoms with Gasteiger partial charge in [0.15, 0.2) is 0 Å². The molecule has 1 N–H and O–H groups in total. The van der Waals surface area contributed by atoms with Crippen LogP contribution in [0, 0.1) is 5.92 Å². The molecule has 1 heterocycles. The molecule has 0 aromatic carbocycles. The first-order chi connectivity index (χ1) is 8.49. The van der Waals surface area contributed by atoms with Crippen molar-refractivity contribution in [3.05, 3.63) is 0 Å². The molecular weight excluding hydrogens is 228 g/mol. The highest BCUT2D eigenvalue weighted by Gasteiger charge is 2.22. The number of rotatable bonds is 7. The van der Waals surface area contributed by atoms with Crippen molar-refractivity contribution in [1.29, 1.82) is 0 Å². The summed E-state index contributed by atoms with van der Waals surface area (Å²) in [6.07, 6.45) is 2.50. The fraction of sp³-hybridized carbons (Fsp3) is 0.929. The second kappa shape index (κ2) is 7.74. The number of hydrogen-bond donors (Lipinski definition) is 1. The molecule has 1 aliphatic heterocycles. The van der Waals surface area contributed by atoms with Crippen LogP contribution < -0.4 is 5.32 Å². The number of amides is 1. The molecule has 0 saturated carbocycles. The first kappa shape index (κ1) is 15.4. The van der Waals surface area contributed by atoms with Crippen LogP contribution in [-0.4, -0.2) is 49.2 Å². The second-order valence-electron chi connectivity index (χ2n) is 5.85. The molecule has 0 aromatic heterocycles. The largest absolute Gasteiger partial charge is 0.369 e. The number of carbonyl (C=O) groups excluding carboxylic acids is 1.